The molecule has 0 bridgehead atoms. The highest BCUT2D eigenvalue weighted by Gasteiger charge is 2.33. The molecule has 1 fully saturated rings. The normalized spacial score (nSPS) is 22.0. The van der Waals surface area contributed by atoms with Crippen molar-refractivity contribution in [3.8, 4) is 0 Å². The van der Waals surface area contributed by atoms with Gasteiger partial charge in [0.25, 0.3) is 10.2 Å². The van der Waals surface area contributed by atoms with Crippen molar-refractivity contribution in [2.24, 2.45) is 0 Å². The van der Waals surface area contributed by atoms with Gasteiger partial charge in [-0.25, -0.2) is 4.98 Å². The molecule has 2 rings (SSSR count). The number of aromatic amines is 1. The van der Waals surface area contributed by atoms with E-state index in [1.165, 1.54) is 4.31 Å². The Morgan fingerprint density at radius 3 is 2.79 bits per heavy atom. The van der Waals surface area contributed by atoms with Gasteiger partial charge in [-0.3, -0.25) is 5.10 Å². The third-order valence-electron chi connectivity index (χ3n) is 3.44. The van der Waals surface area contributed by atoms with Crippen LogP contribution in [0.25, 0.3) is 0 Å². The number of nitrogens with zero attached hydrogens (tertiary/aromatic N) is 4. The van der Waals surface area contributed by atoms with Crippen LogP contribution in [-0.2, 0) is 16.8 Å². The Hall–Kier alpha value is -0.990. The number of piperidine rings is 1. The molecule has 1 aromatic rings. The maximum Gasteiger partial charge on any atom is 0.282 e. The van der Waals surface area contributed by atoms with Crippen LogP contribution in [0.2, 0.25) is 0 Å². The Balaban J connectivity index is 2.10. The number of H-pyrrole nitrogens is 1. The summed E-state index contributed by atoms with van der Waals surface area (Å²) >= 11 is 0. The third kappa shape index (κ3) is 3.13. The van der Waals surface area contributed by atoms with Gasteiger partial charge in [0.1, 0.15) is 5.82 Å². The zero-order valence-corrected chi connectivity index (χ0v) is 12.4. The summed E-state index contributed by atoms with van der Waals surface area (Å²) in [6, 6.07) is 0.0649. The Bertz CT molecular complexity index is 527. The predicted molar refractivity (Wildman–Crippen MR) is 71.5 cm³/mol. The molecule has 0 aliphatic carbocycles. The SMILES string of the molecule is Cc1nc(CN(C)S(=O)(=O)N2CCCCC2C)n[nH]1. The van der Waals surface area contributed by atoms with Crippen LogP contribution in [0.3, 0.4) is 0 Å². The van der Waals surface area contributed by atoms with Crippen molar-refractivity contribution in [3.63, 3.8) is 0 Å². The third-order valence-corrected chi connectivity index (χ3v) is 5.49. The standard InChI is InChI=1S/C11H21N5O2S/c1-9-6-4-5-7-16(9)19(17,18)15(3)8-11-12-10(2)13-14-11/h9H,4-8H2,1-3H3,(H,12,13,14). The van der Waals surface area contributed by atoms with Crippen LogP contribution in [0.5, 0.6) is 0 Å². The van der Waals surface area contributed by atoms with E-state index in [0.29, 0.717) is 18.2 Å². The van der Waals surface area contributed by atoms with Crippen LogP contribution in [0.15, 0.2) is 0 Å². The Labute approximate surface area is 114 Å². The molecule has 1 saturated heterocycles. The van der Waals surface area contributed by atoms with Crippen LogP contribution in [-0.4, -0.2) is 51.8 Å². The fourth-order valence-corrected chi connectivity index (χ4v) is 3.89. The van der Waals surface area contributed by atoms with E-state index in [1.807, 2.05) is 6.92 Å². The number of hydrogen-bond acceptors (Lipinski definition) is 4. The molecule has 2 heterocycles. The molecule has 0 spiro atoms. The van der Waals surface area contributed by atoms with Crippen LogP contribution in [0.4, 0.5) is 0 Å². The van der Waals surface area contributed by atoms with Gasteiger partial charge in [-0.05, 0) is 26.7 Å². The minimum Gasteiger partial charge on any atom is -0.263 e. The highest BCUT2D eigenvalue weighted by molar-refractivity contribution is 7.86. The smallest absolute Gasteiger partial charge is 0.263 e. The van der Waals surface area contributed by atoms with Crippen molar-refractivity contribution in [2.45, 2.75) is 45.7 Å². The summed E-state index contributed by atoms with van der Waals surface area (Å²) in [5.74, 6) is 1.18. The van der Waals surface area contributed by atoms with Gasteiger partial charge >= 0.3 is 0 Å². The summed E-state index contributed by atoms with van der Waals surface area (Å²) < 4.78 is 27.9. The van der Waals surface area contributed by atoms with E-state index >= 15 is 0 Å². The quantitative estimate of drug-likeness (QED) is 0.882. The average molecular weight is 287 g/mol. The van der Waals surface area contributed by atoms with Crippen molar-refractivity contribution >= 4 is 10.2 Å². The molecule has 7 nitrogen and oxygen atoms in total. The lowest BCUT2D eigenvalue weighted by atomic mass is 10.1. The van der Waals surface area contributed by atoms with Gasteiger partial charge in [-0.2, -0.15) is 22.1 Å². The first-order valence-corrected chi connectivity index (χ1v) is 7.92. The van der Waals surface area contributed by atoms with E-state index < -0.39 is 10.2 Å². The molecule has 1 aliphatic heterocycles. The second-order valence-electron chi connectivity index (χ2n) is 5.06. The number of hydrogen-bond donors (Lipinski definition) is 1. The molecule has 0 radical (unpaired) electrons. The van der Waals surface area contributed by atoms with E-state index in [9.17, 15) is 8.42 Å². The van der Waals surface area contributed by atoms with Gasteiger partial charge in [0, 0.05) is 19.6 Å². The summed E-state index contributed by atoms with van der Waals surface area (Å²) in [5.41, 5.74) is 0. The summed E-state index contributed by atoms with van der Waals surface area (Å²) in [6.07, 6.45) is 2.95. The molecule has 108 valence electrons. The number of rotatable bonds is 4. The van der Waals surface area contributed by atoms with Crippen LogP contribution < -0.4 is 0 Å². The minimum absolute atomic E-state index is 0.0649. The molecular formula is C11H21N5O2S. The number of aromatic nitrogens is 3. The molecule has 0 amide bonds. The predicted octanol–water partition coefficient (Wildman–Crippen LogP) is 0.664. The Kier molecular flexibility index (Phi) is 4.22. The average Bonchev–Trinajstić information content (AvgIpc) is 2.75. The van der Waals surface area contributed by atoms with E-state index in [-0.39, 0.29) is 12.6 Å². The molecule has 8 heteroatoms. The molecule has 0 aromatic carbocycles. The van der Waals surface area contributed by atoms with Gasteiger partial charge in [0.15, 0.2) is 5.82 Å². The fourth-order valence-electron chi connectivity index (χ4n) is 2.33. The zero-order valence-electron chi connectivity index (χ0n) is 11.6. The van der Waals surface area contributed by atoms with Crippen molar-refractivity contribution < 1.29 is 8.42 Å². The van der Waals surface area contributed by atoms with Crippen molar-refractivity contribution in [2.75, 3.05) is 13.6 Å². The lowest BCUT2D eigenvalue weighted by Gasteiger charge is -2.34. The zero-order chi connectivity index (χ0) is 14.0. The highest BCUT2D eigenvalue weighted by atomic mass is 32.2. The first-order chi connectivity index (χ1) is 8.91. The molecule has 1 N–H and O–H groups in total. The van der Waals surface area contributed by atoms with Gasteiger partial charge in [0.05, 0.1) is 6.54 Å². The molecule has 1 atom stereocenters. The largest absolute Gasteiger partial charge is 0.282 e. The van der Waals surface area contributed by atoms with Crippen molar-refractivity contribution in [1.29, 1.82) is 0 Å². The lowest BCUT2D eigenvalue weighted by molar-refractivity contribution is 0.248. The minimum atomic E-state index is -3.43. The lowest BCUT2D eigenvalue weighted by Crippen LogP contribution is -2.48. The summed E-state index contributed by atoms with van der Waals surface area (Å²) in [5, 5.41) is 6.69. The van der Waals surface area contributed by atoms with Gasteiger partial charge in [-0.1, -0.05) is 6.42 Å². The van der Waals surface area contributed by atoms with E-state index in [2.05, 4.69) is 15.2 Å². The monoisotopic (exact) mass is 287 g/mol. The molecule has 19 heavy (non-hydrogen) atoms. The van der Waals surface area contributed by atoms with E-state index in [4.69, 9.17) is 0 Å². The fraction of sp³-hybridized carbons (Fsp3) is 0.818. The number of nitrogens with one attached hydrogen (secondary N) is 1. The highest BCUT2D eigenvalue weighted by Crippen LogP contribution is 2.22. The van der Waals surface area contributed by atoms with Gasteiger partial charge in [-0.15, -0.1) is 0 Å². The summed E-state index contributed by atoms with van der Waals surface area (Å²) in [6.45, 7) is 4.54. The van der Waals surface area contributed by atoms with Crippen molar-refractivity contribution in [1.82, 2.24) is 23.8 Å². The van der Waals surface area contributed by atoms with Crippen LogP contribution in [0.1, 0.15) is 37.8 Å². The second kappa shape index (κ2) is 5.56. The Morgan fingerprint density at radius 1 is 1.47 bits per heavy atom. The topological polar surface area (TPSA) is 82.2 Å². The van der Waals surface area contributed by atoms with Crippen LogP contribution >= 0.6 is 0 Å². The van der Waals surface area contributed by atoms with E-state index in [0.717, 1.165) is 19.3 Å². The second-order valence-corrected chi connectivity index (χ2v) is 7.04. The van der Waals surface area contributed by atoms with Crippen LogP contribution in [0, 0.1) is 6.92 Å². The van der Waals surface area contributed by atoms with Gasteiger partial charge in [0.2, 0.25) is 0 Å². The summed E-state index contributed by atoms with van der Waals surface area (Å²) in [7, 11) is -1.86. The number of aryl methyl sites for hydroxylation is 1. The van der Waals surface area contributed by atoms with E-state index in [1.54, 1.807) is 18.3 Å². The summed E-state index contributed by atoms with van der Waals surface area (Å²) in [4.78, 5) is 4.14. The maximum absolute atomic E-state index is 12.5. The molecule has 1 unspecified atom stereocenters. The maximum atomic E-state index is 12.5. The molecular weight excluding hydrogens is 266 g/mol. The molecule has 1 aliphatic rings. The first kappa shape index (κ1) is 14.4. The molecule has 1 aromatic heterocycles. The first-order valence-electron chi connectivity index (χ1n) is 6.52. The Morgan fingerprint density at radius 2 is 2.21 bits per heavy atom. The van der Waals surface area contributed by atoms with Gasteiger partial charge < -0.3 is 0 Å². The van der Waals surface area contributed by atoms with Crippen molar-refractivity contribution in [3.05, 3.63) is 11.6 Å². The molecule has 0 saturated carbocycles.